The molecule has 0 heterocycles. The zero-order chi connectivity index (χ0) is 35.5. The fourth-order valence-corrected chi connectivity index (χ4v) is 4.97. The van der Waals surface area contributed by atoms with Crippen molar-refractivity contribution >= 4 is 52.5 Å². The predicted octanol–water partition coefficient (Wildman–Crippen LogP) is 5.07. The fraction of sp³-hybridized carbons (Fsp3) is 0.216. The molecule has 4 aromatic carbocycles. The Morgan fingerprint density at radius 3 is 2.22 bits per heavy atom. The summed E-state index contributed by atoms with van der Waals surface area (Å²) in [7, 11) is 1.60. The Balaban J connectivity index is 1.47. The number of para-hydroxylation sites is 1. The van der Waals surface area contributed by atoms with E-state index in [1.54, 1.807) is 67.7 Å². The van der Waals surface area contributed by atoms with E-state index in [1.807, 2.05) is 39.0 Å². The average Bonchev–Trinajstić information content (AvgIpc) is 3.07. The fourth-order valence-electron chi connectivity index (χ4n) is 4.97. The third kappa shape index (κ3) is 10.4. The summed E-state index contributed by atoms with van der Waals surface area (Å²) in [6.07, 6.45) is -0.213. The Labute approximate surface area is 284 Å². The van der Waals surface area contributed by atoms with E-state index >= 15 is 0 Å². The van der Waals surface area contributed by atoms with Gasteiger partial charge in [0.05, 0.1) is 13.0 Å². The standard InChI is InChI=1S/C37H39N5O7/c1-24-16-25(2)26(3)32(17-24)40-33(43)23-49-31-15-9-14-30(20-31)42(22-35(45)41(4)29-12-6-5-7-13-29)34(44)21-38-37(48)39-28-11-8-10-27(18-28)19-36(46)47/h5-18,20H,19,21-23H2,1-4H3,(H,40,43)(H,46,47)(H2,38,39,48). The van der Waals surface area contributed by atoms with E-state index in [4.69, 9.17) is 9.84 Å². The van der Waals surface area contributed by atoms with Gasteiger partial charge >= 0.3 is 12.0 Å². The highest BCUT2D eigenvalue weighted by atomic mass is 16.5. The molecule has 5 amide bonds. The lowest BCUT2D eigenvalue weighted by atomic mass is 10.0. The zero-order valence-corrected chi connectivity index (χ0v) is 27.8. The molecule has 4 N–H and O–H groups in total. The van der Waals surface area contributed by atoms with E-state index < -0.39 is 30.4 Å². The minimum absolute atomic E-state index is 0.213. The minimum Gasteiger partial charge on any atom is -0.484 e. The van der Waals surface area contributed by atoms with Gasteiger partial charge < -0.3 is 35.6 Å². The third-order valence-electron chi connectivity index (χ3n) is 7.64. The number of carbonyl (C=O) groups is 5. The van der Waals surface area contributed by atoms with Crippen LogP contribution < -0.4 is 30.5 Å². The first-order valence-electron chi connectivity index (χ1n) is 15.5. The zero-order valence-electron chi connectivity index (χ0n) is 27.8. The molecule has 0 aromatic heterocycles. The number of likely N-dealkylation sites (N-methyl/N-ethyl adjacent to an activating group) is 1. The molecule has 4 rings (SSSR count). The molecule has 12 nitrogen and oxygen atoms in total. The van der Waals surface area contributed by atoms with Gasteiger partial charge in [0.2, 0.25) is 11.8 Å². The molecule has 0 aliphatic rings. The maximum Gasteiger partial charge on any atom is 0.319 e. The summed E-state index contributed by atoms with van der Waals surface area (Å²) in [6, 6.07) is 24.9. The van der Waals surface area contributed by atoms with Crippen molar-refractivity contribution in [3.05, 3.63) is 113 Å². The number of aliphatic carboxylic acids is 1. The van der Waals surface area contributed by atoms with Crippen LogP contribution in [0, 0.1) is 20.8 Å². The third-order valence-corrected chi connectivity index (χ3v) is 7.64. The summed E-state index contributed by atoms with van der Waals surface area (Å²) in [6.45, 7) is 4.72. The number of carboxylic acids is 1. The van der Waals surface area contributed by atoms with E-state index in [1.165, 1.54) is 21.9 Å². The number of ether oxygens (including phenoxy) is 1. The Morgan fingerprint density at radius 2 is 1.49 bits per heavy atom. The van der Waals surface area contributed by atoms with Crippen LogP contribution in [0.4, 0.5) is 27.5 Å². The van der Waals surface area contributed by atoms with Gasteiger partial charge in [-0.1, -0.05) is 42.5 Å². The second-order valence-corrected chi connectivity index (χ2v) is 11.4. The van der Waals surface area contributed by atoms with Gasteiger partial charge in [-0.15, -0.1) is 0 Å². The second kappa shape index (κ2) is 16.6. The first-order valence-corrected chi connectivity index (χ1v) is 15.5. The quantitative estimate of drug-likeness (QED) is 0.155. The summed E-state index contributed by atoms with van der Waals surface area (Å²) >= 11 is 0. The van der Waals surface area contributed by atoms with Crippen LogP contribution in [0.2, 0.25) is 0 Å². The van der Waals surface area contributed by atoms with Gasteiger partial charge in [0.15, 0.2) is 6.61 Å². The summed E-state index contributed by atoms with van der Waals surface area (Å²) in [5.41, 5.74) is 5.50. The molecule has 0 fully saturated rings. The number of nitrogens with zero attached hydrogens (tertiary/aromatic N) is 2. The lowest BCUT2D eigenvalue weighted by molar-refractivity contribution is -0.136. The Hall–Kier alpha value is -6.17. The number of rotatable bonds is 13. The van der Waals surface area contributed by atoms with Crippen LogP contribution in [0.25, 0.3) is 0 Å². The molecule has 0 radical (unpaired) electrons. The van der Waals surface area contributed by atoms with Crippen LogP contribution in [0.3, 0.4) is 0 Å². The molecule has 0 bridgehead atoms. The summed E-state index contributed by atoms with van der Waals surface area (Å²) < 4.78 is 5.77. The minimum atomic E-state index is -1.01. The van der Waals surface area contributed by atoms with E-state index in [9.17, 15) is 24.0 Å². The van der Waals surface area contributed by atoms with Crippen LogP contribution in [0.15, 0.2) is 91.0 Å². The number of carbonyl (C=O) groups excluding carboxylic acids is 4. The molecule has 0 aliphatic heterocycles. The highest BCUT2D eigenvalue weighted by molar-refractivity contribution is 6.05. The molecular formula is C37H39N5O7. The Morgan fingerprint density at radius 1 is 0.776 bits per heavy atom. The van der Waals surface area contributed by atoms with E-state index in [2.05, 4.69) is 16.0 Å². The molecule has 0 saturated heterocycles. The number of anilines is 4. The first-order chi connectivity index (χ1) is 23.4. The molecule has 4 aromatic rings. The van der Waals surface area contributed by atoms with Gasteiger partial charge in [-0.25, -0.2) is 4.79 Å². The summed E-state index contributed by atoms with van der Waals surface area (Å²) in [4.78, 5) is 66.1. The van der Waals surface area contributed by atoms with Gasteiger partial charge in [0.1, 0.15) is 12.3 Å². The number of hydrogen-bond acceptors (Lipinski definition) is 6. The van der Waals surface area contributed by atoms with Crippen molar-refractivity contribution in [3.8, 4) is 5.75 Å². The van der Waals surface area contributed by atoms with Gasteiger partial charge in [-0.2, -0.15) is 0 Å². The summed E-state index contributed by atoms with van der Waals surface area (Å²) in [5.74, 6) is -2.07. The predicted molar refractivity (Wildman–Crippen MR) is 188 cm³/mol. The molecule has 0 spiro atoms. The van der Waals surface area contributed by atoms with Crippen molar-refractivity contribution < 1.29 is 33.8 Å². The molecular weight excluding hydrogens is 626 g/mol. The van der Waals surface area contributed by atoms with E-state index in [-0.39, 0.29) is 25.5 Å². The number of amides is 5. The van der Waals surface area contributed by atoms with Crippen LogP contribution in [0.1, 0.15) is 22.3 Å². The average molecular weight is 666 g/mol. The lowest BCUT2D eigenvalue weighted by Gasteiger charge is -2.26. The van der Waals surface area contributed by atoms with Crippen LogP contribution in [-0.2, 0) is 25.6 Å². The van der Waals surface area contributed by atoms with Gasteiger partial charge in [0.25, 0.3) is 5.91 Å². The van der Waals surface area contributed by atoms with Crippen molar-refractivity contribution in [3.63, 3.8) is 0 Å². The van der Waals surface area contributed by atoms with E-state index in [0.29, 0.717) is 34.1 Å². The lowest BCUT2D eigenvalue weighted by Crippen LogP contribution is -2.46. The maximum atomic E-state index is 13.6. The van der Waals surface area contributed by atoms with E-state index in [0.717, 1.165) is 16.7 Å². The van der Waals surface area contributed by atoms with Crippen LogP contribution >= 0.6 is 0 Å². The second-order valence-electron chi connectivity index (χ2n) is 11.4. The normalized spacial score (nSPS) is 10.4. The maximum absolute atomic E-state index is 13.6. The Kier molecular flexibility index (Phi) is 12.1. The van der Waals surface area contributed by atoms with Crippen molar-refractivity contribution in [1.82, 2.24) is 5.32 Å². The molecule has 0 atom stereocenters. The largest absolute Gasteiger partial charge is 0.484 e. The molecule has 0 unspecified atom stereocenters. The number of aryl methyl sites for hydroxylation is 2. The monoisotopic (exact) mass is 665 g/mol. The first kappa shape index (κ1) is 35.7. The molecule has 49 heavy (non-hydrogen) atoms. The Bertz CT molecular complexity index is 1840. The van der Waals surface area contributed by atoms with Gasteiger partial charge in [0, 0.05) is 35.9 Å². The van der Waals surface area contributed by atoms with Crippen LogP contribution in [-0.4, -0.2) is 61.6 Å². The van der Waals surface area contributed by atoms with Crippen molar-refractivity contribution in [2.45, 2.75) is 27.2 Å². The SMILES string of the molecule is Cc1cc(C)c(C)c(NC(=O)COc2cccc(N(CC(=O)N(C)c3ccccc3)C(=O)CNC(=O)Nc3cccc(CC(=O)O)c3)c2)c1. The van der Waals surface area contributed by atoms with Crippen molar-refractivity contribution in [1.29, 1.82) is 0 Å². The van der Waals surface area contributed by atoms with Gasteiger partial charge in [-0.3, -0.25) is 19.2 Å². The highest BCUT2D eigenvalue weighted by Crippen LogP contribution is 2.24. The number of urea groups is 1. The number of carboxylic acid groups (broad SMARTS) is 1. The molecule has 0 saturated carbocycles. The summed E-state index contributed by atoms with van der Waals surface area (Å²) in [5, 5.41) is 17.0. The molecule has 12 heteroatoms. The smallest absolute Gasteiger partial charge is 0.319 e. The molecule has 254 valence electrons. The highest BCUT2D eigenvalue weighted by Gasteiger charge is 2.23. The van der Waals surface area contributed by atoms with Gasteiger partial charge in [-0.05, 0) is 85.5 Å². The topological polar surface area (TPSA) is 157 Å². The number of hydrogen-bond donors (Lipinski definition) is 4. The van der Waals surface area contributed by atoms with Crippen LogP contribution in [0.5, 0.6) is 5.75 Å². The number of nitrogens with one attached hydrogen (secondary N) is 3. The molecule has 0 aliphatic carbocycles. The number of benzene rings is 4. The van der Waals surface area contributed by atoms with Crippen molar-refractivity contribution in [2.24, 2.45) is 0 Å². The van der Waals surface area contributed by atoms with Crippen molar-refractivity contribution in [2.75, 3.05) is 47.2 Å².